The average molecular weight is 250 g/mol. The Balaban J connectivity index is 1.68. The van der Waals surface area contributed by atoms with Crippen LogP contribution in [0.25, 0.3) is 0 Å². The normalized spacial score (nSPS) is 34.8. The molecule has 3 rings (SSSR count). The molecule has 0 spiro atoms. The minimum Gasteiger partial charge on any atom is -0.299 e. The van der Waals surface area contributed by atoms with Crippen LogP contribution in [-0.4, -0.2) is 47.6 Å². The number of hydrogen-bond donors (Lipinski definition) is 0. The van der Waals surface area contributed by atoms with Crippen LogP contribution in [0, 0.1) is 0 Å². The summed E-state index contributed by atoms with van der Waals surface area (Å²) >= 11 is 0. The van der Waals surface area contributed by atoms with E-state index < -0.39 is 0 Å². The molecule has 1 unspecified atom stereocenters. The highest BCUT2D eigenvalue weighted by molar-refractivity contribution is 4.93. The Labute approximate surface area is 113 Å². The van der Waals surface area contributed by atoms with Gasteiger partial charge >= 0.3 is 0 Å². The summed E-state index contributed by atoms with van der Waals surface area (Å²) < 4.78 is 0. The lowest BCUT2D eigenvalue weighted by Crippen LogP contribution is -2.52. The lowest BCUT2D eigenvalue weighted by atomic mass is 9.81. The molecule has 0 amide bonds. The standard InChI is InChI=1S/C16H30N2/c1-16(9-4-2-5-10-16)18-13-7-12-17-11-6-3-8-15(17)14-18/h15H,2-14H2,1H3. The molecule has 18 heavy (non-hydrogen) atoms. The van der Waals surface area contributed by atoms with E-state index in [9.17, 15) is 0 Å². The van der Waals surface area contributed by atoms with E-state index >= 15 is 0 Å². The van der Waals surface area contributed by atoms with E-state index in [-0.39, 0.29) is 0 Å². The molecule has 3 fully saturated rings. The predicted octanol–water partition coefficient (Wildman–Crippen LogP) is 3.27. The molecule has 2 saturated heterocycles. The Morgan fingerprint density at radius 3 is 2.44 bits per heavy atom. The van der Waals surface area contributed by atoms with Crippen LogP contribution in [0.2, 0.25) is 0 Å². The van der Waals surface area contributed by atoms with Crippen molar-refractivity contribution in [3.05, 3.63) is 0 Å². The summed E-state index contributed by atoms with van der Waals surface area (Å²) in [7, 11) is 0. The van der Waals surface area contributed by atoms with Gasteiger partial charge in [-0.2, -0.15) is 0 Å². The third-order valence-corrected chi connectivity index (χ3v) is 5.75. The summed E-state index contributed by atoms with van der Waals surface area (Å²) in [5, 5.41) is 0. The van der Waals surface area contributed by atoms with E-state index in [1.54, 1.807) is 0 Å². The van der Waals surface area contributed by atoms with Crippen LogP contribution < -0.4 is 0 Å². The quantitative estimate of drug-likeness (QED) is 0.705. The Morgan fingerprint density at radius 1 is 0.833 bits per heavy atom. The summed E-state index contributed by atoms with van der Waals surface area (Å²) in [5.41, 5.74) is 0.533. The number of piperidine rings is 1. The first-order chi connectivity index (χ1) is 8.78. The number of nitrogens with zero attached hydrogens (tertiary/aromatic N) is 2. The van der Waals surface area contributed by atoms with Gasteiger partial charge in [-0.3, -0.25) is 9.80 Å². The van der Waals surface area contributed by atoms with Crippen molar-refractivity contribution in [1.82, 2.24) is 9.80 Å². The zero-order valence-corrected chi connectivity index (χ0v) is 12.2. The van der Waals surface area contributed by atoms with E-state index in [4.69, 9.17) is 0 Å². The van der Waals surface area contributed by atoms with Crippen LogP contribution in [-0.2, 0) is 0 Å². The van der Waals surface area contributed by atoms with Gasteiger partial charge in [-0.05, 0) is 58.7 Å². The summed E-state index contributed by atoms with van der Waals surface area (Å²) in [6, 6.07) is 0.875. The van der Waals surface area contributed by atoms with Gasteiger partial charge in [0.15, 0.2) is 0 Å². The van der Waals surface area contributed by atoms with Crippen molar-refractivity contribution in [2.75, 3.05) is 26.2 Å². The molecule has 1 aliphatic carbocycles. The van der Waals surface area contributed by atoms with E-state index in [0.717, 1.165) is 6.04 Å². The van der Waals surface area contributed by atoms with Crippen LogP contribution >= 0.6 is 0 Å². The predicted molar refractivity (Wildman–Crippen MR) is 76.9 cm³/mol. The number of fused-ring (bicyclic) bond motifs is 1. The second kappa shape index (κ2) is 5.50. The zero-order valence-electron chi connectivity index (χ0n) is 12.2. The fourth-order valence-corrected chi connectivity index (χ4v) is 4.49. The second-order valence-electron chi connectivity index (χ2n) is 7.04. The molecule has 2 heterocycles. The van der Waals surface area contributed by atoms with Crippen molar-refractivity contribution in [2.24, 2.45) is 0 Å². The van der Waals surface area contributed by atoms with E-state index in [0.29, 0.717) is 5.54 Å². The van der Waals surface area contributed by atoms with Gasteiger partial charge in [-0.25, -0.2) is 0 Å². The largest absolute Gasteiger partial charge is 0.299 e. The van der Waals surface area contributed by atoms with Crippen molar-refractivity contribution < 1.29 is 0 Å². The average Bonchev–Trinajstić information content (AvgIpc) is 2.62. The van der Waals surface area contributed by atoms with E-state index in [1.807, 2.05) is 0 Å². The monoisotopic (exact) mass is 250 g/mol. The maximum Gasteiger partial charge on any atom is 0.0223 e. The summed E-state index contributed by atoms with van der Waals surface area (Å²) in [6.07, 6.45) is 13.0. The SMILES string of the molecule is CC1(N2CCCN3CCCCC3C2)CCCCC1. The maximum atomic E-state index is 2.88. The molecule has 104 valence electrons. The number of rotatable bonds is 1. The van der Waals surface area contributed by atoms with E-state index in [1.165, 1.54) is 84.0 Å². The first-order valence-corrected chi connectivity index (χ1v) is 8.27. The van der Waals surface area contributed by atoms with Gasteiger partial charge < -0.3 is 0 Å². The molecule has 2 aliphatic heterocycles. The van der Waals surface area contributed by atoms with Gasteiger partial charge in [0.2, 0.25) is 0 Å². The van der Waals surface area contributed by atoms with E-state index in [2.05, 4.69) is 16.7 Å². The van der Waals surface area contributed by atoms with Crippen LogP contribution in [0.3, 0.4) is 0 Å². The smallest absolute Gasteiger partial charge is 0.0223 e. The first kappa shape index (κ1) is 12.9. The zero-order chi connectivity index (χ0) is 12.4. The highest BCUT2D eigenvalue weighted by Gasteiger charge is 2.37. The van der Waals surface area contributed by atoms with Gasteiger partial charge in [-0.1, -0.05) is 25.7 Å². The summed E-state index contributed by atoms with van der Waals surface area (Å²) in [4.78, 5) is 5.66. The van der Waals surface area contributed by atoms with Crippen LogP contribution in [0.4, 0.5) is 0 Å². The molecule has 0 aromatic carbocycles. The highest BCUT2D eigenvalue weighted by Crippen LogP contribution is 2.35. The molecular formula is C16H30N2. The molecular weight excluding hydrogens is 220 g/mol. The van der Waals surface area contributed by atoms with Gasteiger partial charge in [0.1, 0.15) is 0 Å². The summed E-state index contributed by atoms with van der Waals surface area (Å²) in [5.74, 6) is 0. The van der Waals surface area contributed by atoms with Gasteiger partial charge in [0.25, 0.3) is 0 Å². The maximum absolute atomic E-state index is 2.88. The highest BCUT2D eigenvalue weighted by atomic mass is 15.3. The molecule has 3 aliphatic rings. The fourth-order valence-electron chi connectivity index (χ4n) is 4.49. The van der Waals surface area contributed by atoms with Crippen LogP contribution in [0.15, 0.2) is 0 Å². The molecule has 0 aromatic heterocycles. The first-order valence-electron chi connectivity index (χ1n) is 8.27. The van der Waals surface area contributed by atoms with Crippen molar-refractivity contribution in [2.45, 2.75) is 76.3 Å². The third kappa shape index (κ3) is 2.60. The fraction of sp³-hybridized carbons (Fsp3) is 1.00. The van der Waals surface area contributed by atoms with Crippen LogP contribution in [0.5, 0.6) is 0 Å². The molecule has 0 radical (unpaired) electrons. The van der Waals surface area contributed by atoms with Crippen molar-refractivity contribution in [3.63, 3.8) is 0 Å². The van der Waals surface area contributed by atoms with Crippen LogP contribution in [0.1, 0.15) is 64.7 Å². The minimum atomic E-state index is 0.533. The summed E-state index contributed by atoms with van der Waals surface area (Å²) in [6.45, 7) is 7.98. The molecule has 0 bridgehead atoms. The molecule has 0 aromatic rings. The Kier molecular flexibility index (Phi) is 3.95. The lowest BCUT2D eigenvalue weighted by molar-refractivity contribution is 0.0470. The van der Waals surface area contributed by atoms with Crippen molar-refractivity contribution >= 4 is 0 Å². The molecule has 2 nitrogen and oxygen atoms in total. The topological polar surface area (TPSA) is 6.48 Å². The Morgan fingerprint density at radius 2 is 1.61 bits per heavy atom. The third-order valence-electron chi connectivity index (χ3n) is 5.75. The van der Waals surface area contributed by atoms with Gasteiger partial charge in [0, 0.05) is 18.1 Å². The molecule has 1 saturated carbocycles. The molecule has 0 N–H and O–H groups in total. The minimum absolute atomic E-state index is 0.533. The van der Waals surface area contributed by atoms with Gasteiger partial charge in [-0.15, -0.1) is 0 Å². The van der Waals surface area contributed by atoms with Crippen molar-refractivity contribution in [3.8, 4) is 0 Å². The molecule has 2 heteroatoms. The second-order valence-corrected chi connectivity index (χ2v) is 7.04. The van der Waals surface area contributed by atoms with Gasteiger partial charge in [0.05, 0.1) is 0 Å². The molecule has 1 atom stereocenters. The Bertz CT molecular complexity index is 270. The van der Waals surface area contributed by atoms with Crippen molar-refractivity contribution in [1.29, 1.82) is 0 Å². The number of hydrogen-bond acceptors (Lipinski definition) is 2. The Hall–Kier alpha value is -0.0800. The lowest BCUT2D eigenvalue weighted by Gasteiger charge is -2.45.